The summed E-state index contributed by atoms with van der Waals surface area (Å²) < 4.78 is 32.0. The Hall–Kier alpha value is -1.53. The van der Waals surface area contributed by atoms with Crippen LogP contribution in [0.3, 0.4) is 0 Å². The minimum atomic E-state index is -1.62. The van der Waals surface area contributed by atoms with Crippen molar-refractivity contribution < 1.29 is 23.4 Å². The lowest BCUT2D eigenvalue weighted by Crippen LogP contribution is -2.41. The molecule has 22 heavy (non-hydrogen) atoms. The van der Waals surface area contributed by atoms with Gasteiger partial charge >= 0.3 is 0 Å². The molecule has 2 rings (SSSR count). The molecule has 4 nitrogen and oxygen atoms in total. The first kappa shape index (κ1) is 16.8. The average Bonchev–Trinajstić information content (AvgIpc) is 2.96. The summed E-state index contributed by atoms with van der Waals surface area (Å²) in [5.41, 5.74) is -1.69. The summed E-state index contributed by atoms with van der Waals surface area (Å²) in [5.74, 6) is -1.93. The van der Waals surface area contributed by atoms with Crippen molar-refractivity contribution in [2.45, 2.75) is 44.3 Å². The van der Waals surface area contributed by atoms with E-state index in [1.807, 2.05) is 0 Å². The van der Waals surface area contributed by atoms with Gasteiger partial charge in [0, 0.05) is 11.6 Å². The lowest BCUT2D eigenvalue weighted by atomic mass is 9.95. The molecule has 1 fully saturated rings. The largest absolute Gasteiger partial charge is 0.383 e. The van der Waals surface area contributed by atoms with E-state index in [0.29, 0.717) is 6.07 Å². The normalized spacial score (nSPS) is 18.2. The molecule has 0 aromatic heterocycles. The van der Waals surface area contributed by atoms with Crippen molar-refractivity contribution >= 4 is 5.91 Å². The molecule has 0 bridgehead atoms. The fraction of sp³-hybridized carbons (Fsp3) is 0.562. The van der Waals surface area contributed by atoms with Gasteiger partial charge < -0.3 is 15.2 Å². The molecule has 0 radical (unpaired) electrons. The Morgan fingerprint density at radius 3 is 2.73 bits per heavy atom. The minimum absolute atomic E-state index is 0.0640. The molecule has 0 unspecified atom stereocenters. The van der Waals surface area contributed by atoms with Crippen LogP contribution in [-0.4, -0.2) is 30.3 Å². The van der Waals surface area contributed by atoms with Crippen LogP contribution < -0.4 is 5.32 Å². The van der Waals surface area contributed by atoms with Crippen molar-refractivity contribution in [3.8, 4) is 0 Å². The van der Waals surface area contributed by atoms with Crippen LogP contribution in [0.25, 0.3) is 0 Å². The highest BCUT2D eigenvalue weighted by Gasteiger charge is 2.27. The second-order valence-corrected chi connectivity index (χ2v) is 5.89. The van der Waals surface area contributed by atoms with Crippen LogP contribution in [0.15, 0.2) is 18.2 Å². The van der Waals surface area contributed by atoms with Crippen molar-refractivity contribution in [1.82, 2.24) is 5.32 Å². The predicted octanol–water partition coefficient (Wildman–Crippen LogP) is 2.25. The summed E-state index contributed by atoms with van der Waals surface area (Å²) >= 11 is 0. The van der Waals surface area contributed by atoms with Crippen molar-refractivity contribution in [2.75, 3.05) is 13.2 Å². The Labute approximate surface area is 128 Å². The van der Waals surface area contributed by atoms with E-state index in [1.54, 1.807) is 0 Å². The quantitative estimate of drug-likeness (QED) is 0.847. The van der Waals surface area contributed by atoms with E-state index < -0.39 is 17.2 Å². The smallest absolute Gasteiger partial charge is 0.246 e. The van der Waals surface area contributed by atoms with Gasteiger partial charge in [-0.15, -0.1) is 0 Å². The lowest BCUT2D eigenvalue weighted by molar-refractivity contribution is -0.128. The van der Waals surface area contributed by atoms with Crippen LogP contribution in [0.1, 0.15) is 38.2 Å². The third-order valence-corrected chi connectivity index (χ3v) is 3.89. The van der Waals surface area contributed by atoms with Gasteiger partial charge in [0.05, 0.1) is 12.6 Å². The molecule has 1 aliphatic rings. The Balaban J connectivity index is 1.84. The Morgan fingerprint density at radius 2 is 2.09 bits per heavy atom. The van der Waals surface area contributed by atoms with E-state index in [4.69, 9.17) is 4.74 Å². The number of halogens is 2. The Kier molecular flexibility index (Phi) is 5.47. The molecule has 0 heterocycles. The molecule has 1 saturated carbocycles. The van der Waals surface area contributed by atoms with Crippen LogP contribution >= 0.6 is 0 Å². The standard InChI is InChI=1S/C16H21F2NO3/c1-16(21,13-7-6-11(17)8-14(13)18)10-19-15(20)9-22-12-4-2-3-5-12/h6-8,12,21H,2-5,9-10H2,1H3,(H,19,20)/t16-/m1/s1. The molecular weight excluding hydrogens is 292 g/mol. The number of carbonyl (C=O) groups is 1. The van der Waals surface area contributed by atoms with Crippen LogP contribution in [0, 0.1) is 11.6 Å². The number of benzene rings is 1. The van der Waals surface area contributed by atoms with E-state index in [1.165, 1.54) is 13.0 Å². The average molecular weight is 313 g/mol. The van der Waals surface area contributed by atoms with Crippen molar-refractivity contribution in [3.63, 3.8) is 0 Å². The summed E-state index contributed by atoms with van der Waals surface area (Å²) in [4.78, 5) is 11.7. The number of ether oxygens (including phenoxy) is 1. The number of hydrogen-bond donors (Lipinski definition) is 2. The number of amides is 1. The van der Waals surface area contributed by atoms with Crippen molar-refractivity contribution in [3.05, 3.63) is 35.4 Å². The summed E-state index contributed by atoms with van der Waals surface area (Å²) in [7, 11) is 0. The maximum atomic E-state index is 13.7. The van der Waals surface area contributed by atoms with Gasteiger partial charge in [-0.1, -0.05) is 18.9 Å². The molecule has 0 spiro atoms. The minimum Gasteiger partial charge on any atom is -0.383 e. The maximum Gasteiger partial charge on any atom is 0.246 e. The Morgan fingerprint density at radius 1 is 1.41 bits per heavy atom. The van der Waals surface area contributed by atoms with Gasteiger partial charge in [0.1, 0.15) is 23.8 Å². The molecule has 2 N–H and O–H groups in total. The zero-order valence-corrected chi connectivity index (χ0v) is 12.6. The third-order valence-electron chi connectivity index (χ3n) is 3.89. The molecule has 6 heteroatoms. The second-order valence-electron chi connectivity index (χ2n) is 5.89. The molecule has 1 aromatic rings. The summed E-state index contributed by atoms with van der Waals surface area (Å²) in [6, 6.07) is 2.94. The molecule has 0 aliphatic heterocycles. The summed E-state index contributed by atoms with van der Waals surface area (Å²) in [6.45, 7) is 1.11. The number of aliphatic hydroxyl groups is 1. The second kappa shape index (κ2) is 7.15. The van der Waals surface area contributed by atoms with Gasteiger partial charge in [0.2, 0.25) is 5.91 Å². The highest BCUT2D eigenvalue weighted by atomic mass is 19.1. The van der Waals surface area contributed by atoms with E-state index >= 15 is 0 Å². The first-order valence-corrected chi connectivity index (χ1v) is 7.45. The SMILES string of the molecule is C[C@@](O)(CNC(=O)COC1CCCC1)c1ccc(F)cc1F. The van der Waals surface area contributed by atoms with Gasteiger partial charge in [0.15, 0.2) is 0 Å². The van der Waals surface area contributed by atoms with Crippen LogP contribution in [0.2, 0.25) is 0 Å². The predicted molar refractivity (Wildman–Crippen MR) is 77.1 cm³/mol. The summed E-state index contributed by atoms with van der Waals surface area (Å²) in [6.07, 6.45) is 4.29. The molecule has 1 aromatic carbocycles. The van der Waals surface area contributed by atoms with E-state index in [0.717, 1.165) is 31.7 Å². The van der Waals surface area contributed by atoms with Crippen molar-refractivity contribution in [2.24, 2.45) is 0 Å². The van der Waals surface area contributed by atoms with Crippen LogP contribution in [-0.2, 0) is 15.1 Å². The van der Waals surface area contributed by atoms with Gasteiger partial charge in [-0.2, -0.15) is 0 Å². The van der Waals surface area contributed by atoms with E-state index in [2.05, 4.69) is 5.32 Å². The third kappa shape index (κ3) is 4.48. The monoisotopic (exact) mass is 313 g/mol. The highest BCUT2D eigenvalue weighted by molar-refractivity contribution is 5.77. The first-order chi connectivity index (χ1) is 10.4. The number of nitrogens with one attached hydrogen (secondary N) is 1. The highest BCUT2D eigenvalue weighted by Crippen LogP contribution is 2.23. The number of rotatable bonds is 6. The van der Waals surface area contributed by atoms with E-state index in [9.17, 15) is 18.7 Å². The maximum absolute atomic E-state index is 13.7. The fourth-order valence-electron chi connectivity index (χ4n) is 2.59. The zero-order chi connectivity index (χ0) is 16.2. The van der Waals surface area contributed by atoms with Crippen LogP contribution in [0.5, 0.6) is 0 Å². The first-order valence-electron chi connectivity index (χ1n) is 7.45. The summed E-state index contributed by atoms with van der Waals surface area (Å²) in [5, 5.41) is 12.8. The number of carbonyl (C=O) groups excluding carboxylic acids is 1. The van der Waals surface area contributed by atoms with Crippen LogP contribution in [0.4, 0.5) is 8.78 Å². The zero-order valence-electron chi connectivity index (χ0n) is 12.6. The number of hydrogen-bond acceptors (Lipinski definition) is 3. The van der Waals surface area contributed by atoms with Gasteiger partial charge in [0.25, 0.3) is 0 Å². The van der Waals surface area contributed by atoms with Crippen molar-refractivity contribution in [1.29, 1.82) is 0 Å². The Bertz CT molecular complexity index is 528. The molecule has 1 atom stereocenters. The molecule has 122 valence electrons. The van der Waals surface area contributed by atoms with Gasteiger partial charge in [-0.05, 0) is 25.8 Å². The van der Waals surface area contributed by atoms with E-state index in [-0.39, 0.29) is 30.7 Å². The molecule has 0 saturated heterocycles. The fourth-order valence-corrected chi connectivity index (χ4v) is 2.59. The van der Waals surface area contributed by atoms with Gasteiger partial charge in [-0.3, -0.25) is 4.79 Å². The molecule has 1 amide bonds. The molecular formula is C16H21F2NO3. The topological polar surface area (TPSA) is 58.6 Å². The molecule has 1 aliphatic carbocycles. The lowest BCUT2D eigenvalue weighted by Gasteiger charge is -2.25. The van der Waals surface area contributed by atoms with Gasteiger partial charge in [-0.25, -0.2) is 8.78 Å².